The zero-order valence-corrected chi connectivity index (χ0v) is 16.9. The number of nitrogens with one attached hydrogen (secondary N) is 2. The van der Waals surface area contributed by atoms with Gasteiger partial charge in [-0.3, -0.25) is 9.48 Å². The molecular formula is C17H17ClN6OS2. The van der Waals surface area contributed by atoms with E-state index >= 15 is 0 Å². The number of rotatable bonds is 7. The van der Waals surface area contributed by atoms with Gasteiger partial charge < -0.3 is 10.6 Å². The SMILES string of the molecule is Cn1nc(-c2ccc(Cl)cc2)cc1NC(=O)CSc1nnc(NC2CC2)s1. The summed E-state index contributed by atoms with van der Waals surface area (Å²) >= 11 is 8.77. The number of thioether (sulfide) groups is 1. The van der Waals surface area contributed by atoms with E-state index in [1.807, 2.05) is 30.3 Å². The van der Waals surface area contributed by atoms with Crippen molar-refractivity contribution in [2.45, 2.75) is 23.2 Å². The Morgan fingerprint density at radius 2 is 2.11 bits per heavy atom. The molecule has 10 heteroatoms. The third kappa shape index (κ3) is 4.79. The van der Waals surface area contributed by atoms with Gasteiger partial charge in [0.2, 0.25) is 11.0 Å². The van der Waals surface area contributed by atoms with E-state index < -0.39 is 0 Å². The number of benzene rings is 1. The van der Waals surface area contributed by atoms with Crippen molar-refractivity contribution in [3.63, 3.8) is 0 Å². The van der Waals surface area contributed by atoms with Gasteiger partial charge in [-0.25, -0.2) is 0 Å². The van der Waals surface area contributed by atoms with Gasteiger partial charge in [-0.2, -0.15) is 5.10 Å². The topological polar surface area (TPSA) is 84.7 Å². The summed E-state index contributed by atoms with van der Waals surface area (Å²) < 4.78 is 2.43. The van der Waals surface area contributed by atoms with Crippen molar-refractivity contribution in [3.8, 4) is 11.3 Å². The first-order valence-corrected chi connectivity index (χ1v) is 10.6. The van der Waals surface area contributed by atoms with E-state index in [0.717, 1.165) is 20.7 Å². The molecule has 140 valence electrons. The molecule has 3 aromatic rings. The molecule has 2 heterocycles. The maximum Gasteiger partial charge on any atom is 0.235 e. The number of hydrogen-bond acceptors (Lipinski definition) is 7. The Hall–Kier alpha value is -2.10. The number of aromatic nitrogens is 4. The van der Waals surface area contributed by atoms with Gasteiger partial charge in [0.25, 0.3) is 0 Å². The first-order chi connectivity index (χ1) is 13.1. The van der Waals surface area contributed by atoms with Gasteiger partial charge >= 0.3 is 0 Å². The Morgan fingerprint density at radius 1 is 1.33 bits per heavy atom. The second kappa shape index (κ2) is 7.87. The van der Waals surface area contributed by atoms with Crippen molar-refractivity contribution in [1.82, 2.24) is 20.0 Å². The molecule has 0 radical (unpaired) electrons. The highest BCUT2D eigenvalue weighted by Gasteiger charge is 2.22. The van der Waals surface area contributed by atoms with Gasteiger partial charge in [0.15, 0.2) is 4.34 Å². The molecule has 0 atom stereocenters. The molecule has 1 fully saturated rings. The van der Waals surface area contributed by atoms with E-state index in [4.69, 9.17) is 11.6 Å². The first-order valence-electron chi connectivity index (χ1n) is 8.39. The lowest BCUT2D eigenvalue weighted by atomic mass is 10.1. The van der Waals surface area contributed by atoms with Crippen LogP contribution in [0.15, 0.2) is 34.7 Å². The Labute approximate surface area is 169 Å². The molecule has 4 rings (SSSR count). The molecule has 1 aliphatic carbocycles. The van der Waals surface area contributed by atoms with E-state index in [9.17, 15) is 4.79 Å². The Morgan fingerprint density at radius 3 is 2.85 bits per heavy atom. The molecule has 1 saturated carbocycles. The molecule has 0 spiro atoms. The highest BCUT2D eigenvalue weighted by Crippen LogP contribution is 2.30. The van der Waals surface area contributed by atoms with Crippen LogP contribution in [0.3, 0.4) is 0 Å². The van der Waals surface area contributed by atoms with E-state index in [2.05, 4.69) is 25.9 Å². The fraction of sp³-hybridized carbons (Fsp3) is 0.294. The highest BCUT2D eigenvalue weighted by molar-refractivity contribution is 8.01. The van der Waals surface area contributed by atoms with Crippen molar-refractivity contribution in [2.24, 2.45) is 7.05 Å². The van der Waals surface area contributed by atoms with Crippen LogP contribution in [0.2, 0.25) is 5.02 Å². The minimum atomic E-state index is -0.113. The number of carbonyl (C=O) groups excluding carboxylic acids is 1. The number of carbonyl (C=O) groups is 1. The summed E-state index contributed by atoms with van der Waals surface area (Å²) in [6, 6.07) is 9.81. The summed E-state index contributed by atoms with van der Waals surface area (Å²) in [5.74, 6) is 0.788. The van der Waals surface area contributed by atoms with Crippen molar-refractivity contribution in [3.05, 3.63) is 35.4 Å². The van der Waals surface area contributed by atoms with E-state index in [1.165, 1.54) is 35.9 Å². The van der Waals surface area contributed by atoms with Gasteiger partial charge in [-0.15, -0.1) is 10.2 Å². The molecule has 27 heavy (non-hydrogen) atoms. The molecule has 0 unspecified atom stereocenters. The van der Waals surface area contributed by atoms with Crippen molar-refractivity contribution in [1.29, 1.82) is 0 Å². The average molecular weight is 421 g/mol. The predicted octanol–water partition coefficient (Wildman–Crippen LogP) is 3.90. The zero-order chi connectivity index (χ0) is 18.8. The Bertz CT molecular complexity index is 951. The summed E-state index contributed by atoms with van der Waals surface area (Å²) in [6.07, 6.45) is 2.38. The lowest BCUT2D eigenvalue weighted by Gasteiger charge is -2.03. The van der Waals surface area contributed by atoms with E-state index in [-0.39, 0.29) is 11.7 Å². The number of aryl methyl sites for hydroxylation is 1. The lowest BCUT2D eigenvalue weighted by molar-refractivity contribution is -0.113. The number of amides is 1. The smallest absolute Gasteiger partial charge is 0.235 e. The molecular weight excluding hydrogens is 404 g/mol. The maximum atomic E-state index is 12.3. The highest BCUT2D eigenvalue weighted by atomic mass is 35.5. The van der Waals surface area contributed by atoms with Crippen LogP contribution in [0.25, 0.3) is 11.3 Å². The molecule has 1 aliphatic rings. The summed E-state index contributed by atoms with van der Waals surface area (Å²) in [6.45, 7) is 0. The predicted molar refractivity (Wildman–Crippen MR) is 110 cm³/mol. The maximum absolute atomic E-state index is 12.3. The standard InChI is InChI=1S/C17H17ClN6OS2/c1-24-14(8-13(23-24)10-2-4-11(18)5-3-10)20-15(25)9-26-17-22-21-16(27-17)19-12-6-7-12/h2-5,8,12H,6-7,9H2,1H3,(H,19,21)(H,20,25). The van der Waals surface area contributed by atoms with Gasteiger partial charge in [0.05, 0.1) is 11.4 Å². The second-order valence-electron chi connectivity index (χ2n) is 6.17. The Balaban J connectivity index is 1.33. The molecule has 0 aliphatic heterocycles. The second-order valence-corrected chi connectivity index (χ2v) is 8.81. The fourth-order valence-electron chi connectivity index (χ4n) is 2.38. The minimum Gasteiger partial charge on any atom is -0.357 e. The monoisotopic (exact) mass is 420 g/mol. The van der Waals surface area contributed by atoms with Gasteiger partial charge in [0, 0.05) is 29.7 Å². The molecule has 0 saturated heterocycles. The van der Waals surface area contributed by atoms with E-state index in [1.54, 1.807) is 11.7 Å². The number of nitrogens with zero attached hydrogens (tertiary/aromatic N) is 4. The fourth-order valence-corrected chi connectivity index (χ4v) is 4.14. The van der Waals surface area contributed by atoms with Crippen LogP contribution in [0.1, 0.15) is 12.8 Å². The molecule has 2 N–H and O–H groups in total. The molecule has 1 aromatic carbocycles. The van der Waals surface area contributed by atoms with Crippen molar-refractivity contribution >= 4 is 51.6 Å². The van der Waals surface area contributed by atoms with Crippen LogP contribution < -0.4 is 10.6 Å². The number of halogens is 1. The minimum absolute atomic E-state index is 0.113. The van der Waals surface area contributed by atoms with Gasteiger partial charge in [-0.1, -0.05) is 46.8 Å². The van der Waals surface area contributed by atoms with Crippen LogP contribution in [0, 0.1) is 0 Å². The molecule has 2 aromatic heterocycles. The average Bonchev–Trinajstić information content (AvgIpc) is 3.23. The van der Waals surface area contributed by atoms with Crippen LogP contribution in [0.5, 0.6) is 0 Å². The van der Waals surface area contributed by atoms with Crippen LogP contribution in [-0.2, 0) is 11.8 Å². The van der Waals surface area contributed by atoms with Crippen LogP contribution in [0.4, 0.5) is 10.9 Å². The quantitative estimate of drug-likeness (QED) is 0.564. The Kier molecular flexibility index (Phi) is 5.33. The lowest BCUT2D eigenvalue weighted by Crippen LogP contribution is -2.16. The zero-order valence-electron chi connectivity index (χ0n) is 14.5. The summed E-state index contributed by atoms with van der Waals surface area (Å²) in [5, 5.41) is 20.3. The van der Waals surface area contributed by atoms with Crippen molar-refractivity contribution in [2.75, 3.05) is 16.4 Å². The summed E-state index contributed by atoms with van der Waals surface area (Å²) in [5.41, 5.74) is 1.71. The first kappa shape index (κ1) is 18.3. The summed E-state index contributed by atoms with van der Waals surface area (Å²) in [4.78, 5) is 12.3. The number of anilines is 2. The van der Waals surface area contributed by atoms with Crippen LogP contribution in [-0.4, -0.2) is 37.7 Å². The van der Waals surface area contributed by atoms with Gasteiger partial charge in [0.1, 0.15) is 5.82 Å². The third-order valence-corrected chi connectivity index (χ3v) is 6.17. The third-order valence-electron chi connectivity index (χ3n) is 3.93. The van der Waals surface area contributed by atoms with Crippen LogP contribution >= 0.6 is 34.7 Å². The summed E-state index contributed by atoms with van der Waals surface area (Å²) in [7, 11) is 1.79. The molecule has 1 amide bonds. The van der Waals surface area contributed by atoms with Crippen molar-refractivity contribution < 1.29 is 4.79 Å². The molecule has 7 nitrogen and oxygen atoms in total. The normalized spacial score (nSPS) is 13.6. The van der Waals surface area contributed by atoms with E-state index in [0.29, 0.717) is 16.9 Å². The van der Waals surface area contributed by atoms with Gasteiger partial charge in [-0.05, 0) is 25.0 Å². The number of hydrogen-bond donors (Lipinski definition) is 2. The molecule has 0 bridgehead atoms. The largest absolute Gasteiger partial charge is 0.357 e.